The maximum absolute atomic E-state index is 11.7. The van der Waals surface area contributed by atoms with Crippen molar-refractivity contribution in [2.75, 3.05) is 11.1 Å². The van der Waals surface area contributed by atoms with Gasteiger partial charge in [-0.05, 0) is 45.0 Å². The second-order valence-electron chi connectivity index (χ2n) is 5.02. The van der Waals surface area contributed by atoms with E-state index in [-0.39, 0.29) is 0 Å². The largest absolute Gasteiger partial charge is 0.444 e. The Morgan fingerprint density at radius 2 is 1.63 bits per heavy atom. The van der Waals surface area contributed by atoms with Crippen LogP contribution in [0.15, 0.2) is 48.5 Å². The molecule has 0 spiro atoms. The normalized spacial score (nSPS) is 10.3. The van der Waals surface area contributed by atoms with Crippen molar-refractivity contribution in [1.29, 1.82) is 0 Å². The highest BCUT2D eigenvalue weighted by molar-refractivity contribution is 5.84. The van der Waals surface area contributed by atoms with E-state index in [1.165, 1.54) is 0 Å². The Bertz CT molecular complexity index is 492. The molecule has 1 aromatic carbocycles. The molecule has 0 aromatic heterocycles. The fraction of sp³-hybridized carbons (Fsp3) is 0.267. The van der Waals surface area contributed by atoms with Crippen molar-refractivity contribution in [3.8, 4) is 0 Å². The van der Waals surface area contributed by atoms with Crippen LogP contribution in [-0.4, -0.2) is 11.7 Å². The molecule has 0 saturated carbocycles. The third-order valence-electron chi connectivity index (χ3n) is 2.00. The first-order chi connectivity index (χ1) is 8.87. The molecule has 19 heavy (non-hydrogen) atoms. The van der Waals surface area contributed by atoms with Crippen LogP contribution in [0.4, 0.5) is 16.2 Å². The number of anilines is 2. The number of nitrogen functional groups attached to an aromatic ring is 1. The van der Waals surface area contributed by atoms with Crippen LogP contribution in [0, 0.1) is 0 Å². The van der Waals surface area contributed by atoms with E-state index < -0.39 is 11.7 Å². The quantitative estimate of drug-likeness (QED) is 0.808. The minimum atomic E-state index is -0.521. The van der Waals surface area contributed by atoms with Crippen molar-refractivity contribution in [3.05, 3.63) is 48.5 Å². The lowest BCUT2D eigenvalue weighted by atomic mass is 10.2. The molecule has 0 aliphatic rings. The predicted octanol–water partition coefficient (Wildman–Crippen LogP) is 3.74. The molecule has 0 unspecified atom stereocenters. The molecule has 3 N–H and O–H groups in total. The molecule has 1 aromatic rings. The van der Waals surface area contributed by atoms with Gasteiger partial charge < -0.3 is 10.5 Å². The van der Waals surface area contributed by atoms with Crippen LogP contribution in [0.5, 0.6) is 0 Å². The van der Waals surface area contributed by atoms with Gasteiger partial charge in [-0.25, -0.2) is 4.79 Å². The smallest absolute Gasteiger partial charge is 0.412 e. The van der Waals surface area contributed by atoms with E-state index in [1.54, 1.807) is 30.3 Å². The van der Waals surface area contributed by atoms with Gasteiger partial charge in [0.1, 0.15) is 5.60 Å². The van der Waals surface area contributed by atoms with Crippen LogP contribution >= 0.6 is 0 Å². The van der Waals surface area contributed by atoms with Crippen LogP contribution in [0.25, 0.3) is 0 Å². The van der Waals surface area contributed by atoms with Gasteiger partial charge in [0, 0.05) is 11.4 Å². The van der Waals surface area contributed by atoms with Crippen molar-refractivity contribution in [3.63, 3.8) is 0 Å². The molecule has 1 rings (SSSR count). The number of carbonyl (C=O) groups is 1. The number of nitrogens with one attached hydrogen (secondary N) is 1. The molecule has 0 heterocycles. The molecule has 0 saturated heterocycles. The molecular weight excluding hydrogens is 240 g/mol. The second kappa shape index (κ2) is 6.64. The van der Waals surface area contributed by atoms with Crippen LogP contribution in [0.2, 0.25) is 0 Å². The summed E-state index contributed by atoms with van der Waals surface area (Å²) in [7, 11) is 0. The fourth-order valence-electron chi connectivity index (χ4n) is 1.27. The topological polar surface area (TPSA) is 64.3 Å². The SMILES string of the molecule is CC(C)(C)OC(=O)Nc1cccccc(N)ccc1. The van der Waals surface area contributed by atoms with Gasteiger partial charge in [0.25, 0.3) is 0 Å². The standard InChI is InChI=1S/C15H20N2O2/c1-15(2,3)19-14(18)17-13-10-6-4-5-8-12(16)9-7-11-13/h4-11H,16H2,1-3H3,(H,17,18). The zero-order valence-electron chi connectivity index (χ0n) is 11.5. The lowest BCUT2D eigenvalue weighted by molar-refractivity contribution is 0.0636. The molecule has 4 nitrogen and oxygen atoms in total. The van der Waals surface area contributed by atoms with E-state index >= 15 is 0 Å². The Hall–Kier alpha value is -2.23. The third-order valence-corrected chi connectivity index (χ3v) is 2.00. The summed E-state index contributed by atoms with van der Waals surface area (Å²) in [6.07, 6.45) is -0.485. The van der Waals surface area contributed by atoms with Crippen LogP contribution in [0.3, 0.4) is 0 Å². The van der Waals surface area contributed by atoms with Crippen molar-refractivity contribution >= 4 is 17.5 Å². The number of ether oxygens (including phenoxy) is 1. The van der Waals surface area contributed by atoms with Crippen molar-refractivity contribution in [1.82, 2.24) is 0 Å². The average Bonchev–Trinajstić information content (AvgIpc) is 2.25. The highest BCUT2D eigenvalue weighted by atomic mass is 16.6. The van der Waals surface area contributed by atoms with Crippen LogP contribution < -0.4 is 11.1 Å². The molecule has 0 bridgehead atoms. The molecule has 0 aliphatic carbocycles. The first-order valence-electron chi connectivity index (χ1n) is 6.06. The number of hydrogen-bond acceptors (Lipinski definition) is 3. The number of hydrogen-bond donors (Lipinski definition) is 2. The zero-order chi connectivity index (χ0) is 14.3. The molecule has 4 heteroatoms. The van der Waals surface area contributed by atoms with E-state index in [0.29, 0.717) is 11.4 Å². The summed E-state index contributed by atoms with van der Waals surface area (Å²) < 4.78 is 5.19. The Labute approximate surface area is 113 Å². The van der Waals surface area contributed by atoms with Gasteiger partial charge in [-0.2, -0.15) is 0 Å². The third kappa shape index (κ3) is 6.93. The van der Waals surface area contributed by atoms with Crippen molar-refractivity contribution in [2.45, 2.75) is 26.4 Å². The van der Waals surface area contributed by atoms with E-state index in [4.69, 9.17) is 10.5 Å². The second-order valence-corrected chi connectivity index (χ2v) is 5.02. The lowest BCUT2D eigenvalue weighted by Crippen LogP contribution is -2.27. The Balaban J connectivity index is 2.89. The summed E-state index contributed by atoms with van der Waals surface area (Å²) in [6.45, 7) is 5.45. The van der Waals surface area contributed by atoms with Gasteiger partial charge in [0.2, 0.25) is 0 Å². The van der Waals surface area contributed by atoms with Crippen molar-refractivity contribution in [2.24, 2.45) is 0 Å². The summed E-state index contributed by atoms with van der Waals surface area (Å²) in [5, 5.41) is 2.67. The van der Waals surface area contributed by atoms with Gasteiger partial charge in [-0.1, -0.05) is 24.3 Å². The molecule has 0 atom stereocenters. The number of carbonyl (C=O) groups excluding carboxylic acids is 1. The Morgan fingerprint density at radius 1 is 1.05 bits per heavy atom. The maximum Gasteiger partial charge on any atom is 0.412 e. The average molecular weight is 260 g/mol. The predicted molar refractivity (Wildman–Crippen MR) is 78.3 cm³/mol. The Morgan fingerprint density at radius 3 is 2.32 bits per heavy atom. The van der Waals surface area contributed by atoms with Gasteiger partial charge in [0.15, 0.2) is 0 Å². The summed E-state index contributed by atoms with van der Waals surface area (Å²) in [5.41, 5.74) is 6.46. The summed E-state index contributed by atoms with van der Waals surface area (Å²) in [4.78, 5) is 11.7. The highest BCUT2D eigenvalue weighted by Crippen LogP contribution is 2.10. The first-order valence-corrected chi connectivity index (χ1v) is 6.06. The van der Waals surface area contributed by atoms with E-state index in [9.17, 15) is 4.79 Å². The fourth-order valence-corrected chi connectivity index (χ4v) is 1.27. The molecule has 0 radical (unpaired) electrons. The van der Waals surface area contributed by atoms with Crippen LogP contribution in [0.1, 0.15) is 20.8 Å². The summed E-state index contributed by atoms with van der Waals surface area (Å²) >= 11 is 0. The van der Waals surface area contributed by atoms with Gasteiger partial charge >= 0.3 is 6.09 Å². The van der Waals surface area contributed by atoms with Gasteiger partial charge in [0.05, 0.1) is 0 Å². The molecule has 0 aliphatic heterocycles. The molecule has 102 valence electrons. The van der Waals surface area contributed by atoms with E-state index in [0.717, 1.165) is 0 Å². The monoisotopic (exact) mass is 260 g/mol. The number of amides is 1. The zero-order valence-corrected chi connectivity index (χ0v) is 11.5. The minimum Gasteiger partial charge on any atom is -0.444 e. The van der Waals surface area contributed by atoms with Gasteiger partial charge in [-0.3, -0.25) is 5.32 Å². The molecular formula is C15H20N2O2. The highest BCUT2D eigenvalue weighted by Gasteiger charge is 2.15. The minimum absolute atomic E-state index is 0.485. The Kier molecular flexibility index (Phi) is 5.18. The summed E-state index contributed by atoms with van der Waals surface area (Å²) in [5.74, 6) is 0. The van der Waals surface area contributed by atoms with E-state index in [1.807, 2.05) is 39.0 Å². The summed E-state index contributed by atoms with van der Waals surface area (Å²) in [6, 6.07) is 14.3. The number of nitrogens with two attached hydrogens (primary N) is 1. The molecule has 1 amide bonds. The lowest BCUT2D eigenvalue weighted by Gasteiger charge is -2.19. The maximum atomic E-state index is 11.7. The van der Waals surface area contributed by atoms with Crippen molar-refractivity contribution < 1.29 is 9.53 Å². The number of rotatable bonds is 1. The first kappa shape index (κ1) is 14.8. The molecule has 0 fully saturated rings. The van der Waals surface area contributed by atoms with Crippen LogP contribution in [-0.2, 0) is 4.74 Å². The van der Waals surface area contributed by atoms with E-state index in [2.05, 4.69) is 5.32 Å². The van der Waals surface area contributed by atoms with Gasteiger partial charge in [-0.15, -0.1) is 0 Å².